The van der Waals surface area contributed by atoms with Crippen molar-refractivity contribution in [3.05, 3.63) is 0 Å². The Morgan fingerprint density at radius 3 is 1.71 bits per heavy atom. The maximum absolute atomic E-state index is 5.86. The molecule has 0 saturated carbocycles. The highest BCUT2D eigenvalue weighted by molar-refractivity contribution is 8.11. The lowest BCUT2D eigenvalue weighted by atomic mass is 10.2. The summed E-state index contributed by atoms with van der Waals surface area (Å²) in [5, 5.41) is 0. The summed E-state index contributed by atoms with van der Waals surface area (Å²) in [6, 6.07) is 0. The highest BCUT2D eigenvalue weighted by Crippen LogP contribution is 2.54. The molecular weight excluding hydrogens is 213 g/mol. The molecule has 0 aromatic heterocycles. The van der Waals surface area contributed by atoms with Gasteiger partial charge in [0.25, 0.3) is 0 Å². The highest BCUT2D eigenvalue weighted by atomic mass is 32.4. The van der Waals surface area contributed by atoms with Crippen molar-refractivity contribution in [3.63, 3.8) is 0 Å². The predicted molar refractivity (Wildman–Crippen MR) is 67.1 cm³/mol. The molecule has 14 heavy (non-hydrogen) atoms. The van der Waals surface area contributed by atoms with Crippen molar-refractivity contribution in [1.82, 2.24) is 14.0 Å². The Morgan fingerprint density at radius 2 is 1.36 bits per heavy atom. The summed E-state index contributed by atoms with van der Waals surface area (Å²) in [6.07, 6.45) is 3.98. The predicted octanol–water partition coefficient (Wildman–Crippen LogP) is 1.82. The summed E-state index contributed by atoms with van der Waals surface area (Å²) in [6.45, 7) is 0.743. The van der Waals surface area contributed by atoms with Crippen LogP contribution in [0.4, 0.5) is 0 Å². The number of nitrogens with zero attached hydrogens (tertiary/aromatic N) is 3. The third kappa shape index (κ3) is 2.37. The van der Waals surface area contributed by atoms with Crippen LogP contribution in [0.5, 0.6) is 0 Å². The lowest BCUT2D eigenvalue weighted by Crippen LogP contribution is -2.37. The van der Waals surface area contributed by atoms with Crippen molar-refractivity contribution in [3.8, 4) is 0 Å². The molecule has 0 unspecified atom stereocenters. The third-order valence-corrected chi connectivity index (χ3v) is 8.62. The van der Waals surface area contributed by atoms with Crippen LogP contribution in [-0.4, -0.2) is 55.3 Å². The van der Waals surface area contributed by atoms with Gasteiger partial charge in [0.1, 0.15) is 6.49 Å². The minimum Gasteiger partial charge on any atom is -0.258 e. The van der Waals surface area contributed by atoms with Gasteiger partial charge in [-0.05, 0) is 52.8 Å². The van der Waals surface area contributed by atoms with Gasteiger partial charge in [-0.15, -0.1) is 0 Å². The Balaban J connectivity index is 2.81. The monoisotopic (exact) mass is 235 g/mol. The summed E-state index contributed by atoms with van der Waals surface area (Å²) < 4.78 is 6.97. The normalized spacial score (nSPS) is 20.7. The van der Waals surface area contributed by atoms with Crippen molar-refractivity contribution in [2.45, 2.75) is 19.3 Å². The van der Waals surface area contributed by atoms with Gasteiger partial charge in [0.2, 0.25) is 0 Å². The van der Waals surface area contributed by atoms with Crippen LogP contribution in [0.3, 0.4) is 0 Å². The maximum atomic E-state index is 5.86. The fraction of sp³-hybridized carbons (Fsp3) is 1.00. The Kier molecular flexibility index (Phi) is 4.54. The molecule has 1 saturated heterocycles. The van der Waals surface area contributed by atoms with E-state index in [0.717, 1.165) is 0 Å². The van der Waals surface area contributed by atoms with Gasteiger partial charge in [-0.1, -0.05) is 6.42 Å². The topological polar surface area (TPSA) is 9.72 Å². The second kappa shape index (κ2) is 5.04. The molecule has 1 aliphatic rings. The van der Waals surface area contributed by atoms with E-state index in [-0.39, 0.29) is 0 Å². The van der Waals surface area contributed by atoms with Crippen molar-refractivity contribution in [1.29, 1.82) is 0 Å². The minimum atomic E-state index is -1.61. The van der Waals surface area contributed by atoms with Gasteiger partial charge in [-0.2, -0.15) is 0 Å². The lowest BCUT2D eigenvalue weighted by molar-refractivity contribution is 0.331. The van der Waals surface area contributed by atoms with Crippen LogP contribution in [0.15, 0.2) is 0 Å². The van der Waals surface area contributed by atoms with Crippen molar-refractivity contribution < 1.29 is 0 Å². The van der Waals surface area contributed by atoms with Gasteiger partial charge in [-0.25, -0.2) is 0 Å². The fourth-order valence-corrected chi connectivity index (χ4v) is 5.02. The smallest absolute Gasteiger partial charge is 0.144 e. The number of hydrogen-bond acceptors (Lipinski definition) is 1. The summed E-state index contributed by atoms with van der Waals surface area (Å²) >= 11 is 5.86. The zero-order valence-corrected chi connectivity index (χ0v) is 11.4. The summed E-state index contributed by atoms with van der Waals surface area (Å²) in [5.41, 5.74) is 0. The van der Waals surface area contributed by atoms with Crippen LogP contribution in [0.2, 0.25) is 0 Å². The number of hydrogen-bond donors (Lipinski definition) is 0. The average Bonchev–Trinajstić information content (AvgIpc) is 2.17. The summed E-state index contributed by atoms with van der Waals surface area (Å²) in [5.74, 6) is 0. The lowest BCUT2D eigenvalue weighted by Gasteiger charge is -2.44. The molecule has 0 N–H and O–H groups in total. The first-order valence-corrected chi connectivity index (χ1v) is 7.86. The van der Waals surface area contributed by atoms with Crippen molar-refractivity contribution in [2.24, 2.45) is 0 Å². The Bertz CT molecular complexity index is 212. The molecule has 1 aliphatic heterocycles. The molecule has 0 spiro atoms. The van der Waals surface area contributed by atoms with Gasteiger partial charge in [0.05, 0.1) is 0 Å². The van der Waals surface area contributed by atoms with E-state index in [1.165, 1.54) is 32.4 Å². The highest BCUT2D eigenvalue weighted by Gasteiger charge is 2.31. The van der Waals surface area contributed by atoms with E-state index >= 15 is 0 Å². The van der Waals surface area contributed by atoms with Crippen LogP contribution < -0.4 is 0 Å². The molecule has 0 radical (unpaired) electrons. The average molecular weight is 235 g/mol. The Morgan fingerprint density at radius 1 is 0.929 bits per heavy atom. The van der Waals surface area contributed by atoms with E-state index in [9.17, 15) is 0 Å². The summed E-state index contributed by atoms with van der Waals surface area (Å²) in [4.78, 5) is 0. The second-order valence-electron chi connectivity index (χ2n) is 4.22. The van der Waals surface area contributed by atoms with E-state index in [2.05, 4.69) is 42.2 Å². The van der Waals surface area contributed by atoms with Crippen LogP contribution in [0.25, 0.3) is 0 Å². The van der Waals surface area contributed by atoms with Gasteiger partial charge < -0.3 is 0 Å². The molecular formula is C9H22N3PS. The molecule has 84 valence electrons. The first-order valence-electron chi connectivity index (χ1n) is 5.20. The molecule has 0 atom stereocenters. The standard InChI is InChI=1S/C9H22N3PS/c1-10(2)13(14,11(3)4)12-8-6-5-7-9-12/h5-9H2,1-4H3. The molecule has 0 amide bonds. The largest absolute Gasteiger partial charge is 0.258 e. The molecule has 0 aliphatic carbocycles. The molecule has 0 aromatic rings. The van der Waals surface area contributed by atoms with E-state index < -0.39 is 6.49 Å². The maximum Gasteiger partial charge on any atom is 0.144 e. The first kappa shape index (κ1) is 12.6. The van der Waals surface area contributed by atoms with E-state index in [0.29, 0.717) is 0 Å². The SMILES string of the molecule is CN(C)P(=S)(N(C)C)N1CCCCC1. The van der Waals surface area contributed by atoms with Crippen molar-refractivity contribution in [2.75, 3.05) is 41.3 Å². The van der Waals surface area contributed by atoms with Gasteiger partial charge in [0, 0.05) is 13.1 Å². The first-order chi connectivity index (χ1) is 6.49. The van der Waals surface area contributed by atoms with E-state index in [4.69, 9.17) is 11.8 Å². The Labute approximate surface area is 93.2 Å². The quantitative estimate of drug-likeness (QED) is 0.690. The molecule has 5 heteroatoms. The molecule has 1 rings (SSSR count). The van der Waals surface area contributed by atoms with E-state index in [1.54, 1.807) is 0 Å². The summed E-state index contributed by atoms with van der Waals surface area (Å²) in [7, 11) is 8.43. The fourth-order valence-electron chi connectivity index (χ4n) is 2.00. The van der Waals surface area contributed by atoms with Gasteiger partial charge in [-0.3, -0.25) is 14.0 Å². The van der Waals surface area contributed by atoms with Gasteiger partial charge in [0.15, 0.2) is 0 Å². The Hall–Kier alpha value is 0.530. The zero-order valence-electron chi connectivity index (χ0n) is 9.73. The number of piperidine rings is 1. The molecule has 1 fully saturated rings. The van der Waals surface area contributed by atoms with E-state index in [1.807, 2.05) is 0 Å². The third-order valence-electron chi connectivity index (χ3n) is 2.74. The zero-order chi connectivity index (χ0) is 10.8. The van der Waals surface area contributed by atoms with Crippen LogP contribution >= 0.6 is 6.49 Å². The molecule has 1 heterocycles. The second-order valence-corrected chi connectivity index (χ2v) is 8.88. The molecule has 0 bridgehead atoms. The minimum absolute atomic E-state index is 1.17. The van der Waals surface area contributed by atoms with Crippen LogP contribution in [0.1, 0.15) is 19.3 Å². The molecule has 3 nitrogen and oxygen atoms in total. The number of rotatable bonds is 3. The van der Waals surface area contributed by atoms with Crippen LogP contribution in [0, 0.1) is 0 Å². The van der Waals surface area contributed by atoms with Gasteiger partial charge >= 0.3 is 0 Å². The molecule has 0 aromatic carbocycles. The van der Waals surface area contributed by atoms with Crippen LogP contribution in [-0.2, 0) is 11.8 Å². The van der Waals surface area contributed by atoms with Crippen molar-refractivity contribution >= 4 is 18.3 Å².